The number of aryl methyl sites for hydroxylation is 10. The zero-order valence-corrected chi connectivity index (χ0v) is 68.3. The van der Waals surface area contributed by atoms with Crippen LogP contribution in [-0.2, 0) is 60.2 Å². The van der Waals surface area contributed by atoms with Crippen molar-refractivity contribution in [1.29, 1.82) is 0 Å². The fraction of sp³-hybridized carbons (Fsp3) is 0.592. The van der Waals surface area contributed by atoms with Gasteiger partial charge in [-0.3, -0.25) is 0 Å². The van der Waals surface area contributed by atoms with Crippen LogP contribution in [0.4, 0.5) is 0 Å². The maximum absolute atomic E-state index is 2.47. The van der Waals surface area contributed by atoms with Gasteiger partial charge in [0, 0.05) is 138 Å². The van der Waals surface area contributed by atoms with Gasteiger partial charge >= 0.3 is 0 Å². The number of nitrogens with zero attached hydrogens (tertiary/aromatic N) is 7. The van der Waals surface area contributed by atoms with Crippen molar-refractivity contribution in [2.75, 3.05) is 0 Å². The van der Waals surface area contributed by atoms with Crippen LogP contribution in [-0.4, -0.2) is 32.0 Å². The molecule has 0 unspecified atom stereocenters. The van der Waals surface area contributed by atoms with Crippen LogP contribution < -0.4 is 0 Å². The second-order valence-corrected chi connectivity index (χ2v) is 36.5. The van der Waals surface area contributed by atoms with Gasteiger partial charge in [0.2, 0.25) is 0 Å². The number of benzene rings is 2. The summed E-state index contributed by atoms with van der Waals surface area (Å²) in [6.07, 6.45) is 62.8. The van der Waals surface area contributed by atoms with E-state index in [1.807, 2.05) is 12.1 Å². The highest BCUT2D eigenvalue weighted by Crippen LogP contribution is 2.62. The Morgan fingerprint density at radius 2 is 0.705 bits per heavy atom. The smallest absolute Gasteiger partial charge is 0.0219 e. The minimum absolute atomic E-state index is 0.583. The van der Waals surface area contributed by atoms with E-state index in [-0.39, 0.29) is 0 Å². The van der Waals surface area contributed by atoms with Crippen molar-refractivity contribution in [2.24, 2.45) is 84.8 Å². The van der Waals surface area contributed by atoms with Crippen LogP contribution in [0.2, 0.25) is 0 Å². The first-order valence-corrected chi connectivity index (χ1v) is 42.7. The van der Waals surface area contributed by atoms with Crippen molar-refractivity contribution in [3.05, 3.63) is 214 Å². The third-order valence-corrected chi connectivity index (χ3v) is 29.2. The monoisotopic (exact) mass is 1410 g/mol. The van der Waals surface area contributed by atoms with Crippen LogP contribution in [0.5, 0.6) is 0 Å². The molecule has 0 saturated heterocycles. The fourth-order valence-electron chi connectivity index (χ4n) is 23.3. The summed E-state index contributed by atoms with van der Waals surface area (Å²) < 4.78 is 15.8. The first-order chi connectivity index (χ1) is 50.7. The van der Waals surface area contributed by atoms with Gasteiger partial charge in [-0.2, -0.15) is 0 Å². The lowest BCUT2D eigenvalue weighted by Gasteiger charge is -2.57. The quantitative estimate of drug-likeness (QED) is 0.145. The van der Waals surface area contributed by atoms with E-state index in [1.165, 1.54) is 223 Å². The molecule has 0 aliphatic heterocycles. The normalized spacial score (nSPS) is 25.5. The van der Waals surface area contributed by atoms with E-state index in [2.05, 4.69) is 258 Å². The topological polar surface area (TPSA) is 34.5 Å². The Labute approximate surface area is 637 Å². The highest BCUT2D eigenvalue weighted by Gasteiger charge is 2.53. The second-order valence-electron chi connectivity index (χ2n) is 36.5. The molecule has 0 amide bonds. The van der Waals surface area contributed by atoms with Gasteiger partial charge in [0.05, 0.1) is 0 Å². The molecule has 7 heterocycles. The van der Waals surface area contributed by atoms with Crippen LogP contribution in [0.1, 0.15) is 302 Å². The van der Waals surface area contributed by atoms with E-state index < -0.39 is 0 Å². The predicted octanol–water partition coefficient (Wildman–Crippen LogP) is 25.8. The molecule has 12 saturated carbocycles. The fourth-order valence-corrected chi connectivity index (χ4v) is 23.3. The molecule has 7 nitrogen and oxygen atoms in total. The molecule has 566 valence electrons. The van der Waals surface area contributed by atoms with Crippen LogP contribution in [0, 0.1) is 84.0 Å². The Kier molecular flexibility index (Phi) is 25.0. The van der Waals surface area contributed by atoms with Gasteiger partial charge in [0.25, 0.3) is 0 Å². The average Bonchev–Trinajstić information content (AvgIpc) is 1.65. The summed E-state index contributed by atoms with van der Waals surface area (Å²) >= 11 is 0. The zero-order chi connectivity index (χ0) is 73.5. The van der Waals surface area contributed by atoms with Crippen molar-refractivity contribution in [3.8, 4) is 22.3 Å². The Morgan fingerprint density at radius 3 is 1.12 bits per heavy atom. The first kappa shape index (κ1) is 76.6. The Morgan fingerprint density at radius 1 is 0.295 bits per heavy atom. The van der Waals surface area contributed by atoms with Crippen LogP contribution in [0.15, 0.2) is 140 Å². The summed E-state index contributed by atoms with van der Waals surface area (Å²) in [5, 5.41) is 0. The maximum Gasteiger partial charge on any atom is 0.0219 e. The molecular formula is C98H139N7. The number of hydrogen-bond acceptors (Lipinski definition) is 0. The number of aromatic nitrogens is 7. The standard InChI is InChI=1S/C18H29N.2C16H23N.C12H19N.C12H13N.C12H19N.C12H13N/c1-14-18(16-11-7-4-8-12-16)17(13-19(14)2)15-9-5-3-6-10-15;1-11-3-15(10-17(11)2)16-7-12-4-13(8-16)6-14(5-12)9-16;1-11-15(3-4-17(11)2)16-8-12-5-13(9-16)7-14(6-12)10-16;2*1-10-8-12(9-13(10)2)11-6-4-3-5-7-11;2*1-10-12(8-9-13(10)2)11-6-4-3-5-7-11/h13,15-16H,3-12H2,1-2H3;3,10,12-14H,4-9H2,1-2H3;3-4,12-14H,5-10H2,1-2H3;8-9,11H,3-7H2,1-2H3;3-9H,1-2H3;8-9,11H,3-7H2,1-2H3;3-9H,1-2H3. The lowest BCUT2D eigenvalue weighted by molar-refractivity contribution is -0.00552. The molecule has 105 heavy (non-hydrogen) atoms. The van der Waals surface area contributed by atoms with Gasteiger partial charge in [-0.25, -0.2) is 0 Å². The summed E-state index contributed by atoms with van der Waals surface area (Å²) in [5.74, 6) is 9.79. The van der Waals surface area contributed by atoms with Crippen molar-refractivity contribution in [1.82, 2.24) is 32.0 Å². The van der Waals surface area contributed by atoms with E-state index in [9.17, 15) is 0 Å². The molecule has 12 fully saturated rings. The average molecular weight is 1420 g/mol. The van der Waals surface area contributed by atoms with Crippen LogP contribution in [0.3, 0.4) is 0 Å². The third kappa shape index (κ3) is 17.9. The zero-order valence-electron chi connectivity index (χ0n) is 68.3. The van der Waals surface area contributed by atoms with Gasteiger partial charge < -0.3 is 32.0 Å². The number of rotatable bonds is 8. The Hall–Kier alpha value is -6.60. The molecule has 0 spiro atoms. The molecule has 0 atom stereocenters. The Balaban J connectivity index is 0.000000109. The maximum atomic E-state index is 2.47. The molecule has 2 aromatic carbocycles. The second kappa shape index (κ2) is 34.3. The number of hydrogen-bond donors (Lipinski definition) is 0. The van der Waals surface area contributed by atoms with Gasteiger partial charge in [-0.05, 0) is 333 Å². The van der Waals surface area contributed by atoms with Crippen molar-refractivity contribution in [3.63, 3.8) is 0 Å². The SMILES string of the molecule is Cc1c(-c2ccccc2)ccn1C.Cc1c(C23CC4CC(CC(C4)C2)C3)ccn1C.Cc1c(C2CCCCC2)c(C2CCCCC2)cn1C.Cc1c(C2CCCCC2)ccn1C.Cc1cc(-c2ccccc2)cn1C.Cc1cc(C23CC4CC(CC(C4)C2)C3)cn1C.Cc1cc(C2CCCCC2)cn1C. The summed E-state index contributed by atoms with van der Waals surface area (Å²) in [6.45, 7) is 15.6. The summed E-state index contributed by atoms with van der Waals surface area (Å²) in [7, 11) is 15.1. The summed E-state index contributed by atoms with van der Waals surface area (Å²) in [6, 6.07) is 34.8. The van der Waals surface area contributed by atoms with E-state index >= 15 is 0 Å². The minimum atomic E-state index is 0.583. The molecule has 7 aromatic heterocycles. The predicted molar refractivity (Wildman–Crippen MR) is 445 cm³/mol. The first-order valence-electron chi connectivity index (χ1n) is 42.7. The van der Waals surface area contributed by atoms with E-state index in [0.717, 1.165) is 59.2 Å². The lowest BCUT2D eigenvalue weighted by atomic mass is 9.48. The minimum Gasteiger partial charge on any atom is -0.354 e. The van der Waals surface area contributed by atoms with Crippen LogP contribution in [0.25, 0.3) is 22.3 Å². The molecule has 21 rings (SSSR count). The molecule has 7 heteroatoms. The van der Waals surface area contributed by atoms with Gasteiger partial charge in [0.15, 0.2) is 0 Å². The molecule has 0 radical (unpaired) electrons. The molecule has 12 aliphatic rings. The molecule has 8 bridgehead atoms. The lowest BCUT2D eigenvalue weighted by Crippen LogP contribution is -2.48. The Bertz CT molecular complexity index is 4060. The highest BCUT2D eigenvalue weighted by atomic mass is 15.0. The third-order valence-electron chi connectivity index (χ3n) is 29.2. The van der Waals surface area contributed by atoms with Gasteiger partial charge in [-0.15, -0.1) is 0 Å². The van der Waals surface area contributed by atoms with Crippen molar-refractivity contribution in [2.45, 2.75) is 288 Å². The van der Waals surface area contributed by atoms with E-state index in [4.69, 9.17) is 0 Å². The highest BCUT2D eigenvalue weighted by molar-refractivity contribution is 5.66. The van der Waals surface area contributed by atoms with Gasteiger partial charge in [-0.1, -0.05) is 138 Å². The van der Waals surface area contributed by atoms with Crippen molar-refractivity contribution < 1.29 is 0 Å². The van der Waals surface area contributed by atoms with Gasteiger partial charge in [0.1, 0.15) is 0 Å². The largest absolute Gasteiger partial charge is 0.354 e. The molecular weight excluding hydrogens is 1280 g/mol. The summed E-state index contributed by atoms with van der Waals surface area (Å²) in [4.78, 5) is 0. The molecule has 0 N–H and O–H groups in total. The summed E-state index contributed by atoms with van der Waals surface area (Å²) in [5.41, 5.74) is 26.3. The van der Waals surface area contributed by atoms with Crippen LogP contribution >= 0.6 is 0 Å². The molecule has 9 aromatic rings. The van der Waals surface area contributed by atoms with E-state index in [1.54, 1.807) is 77.6 Å². The molecule has 12 aliphatic carbocycles. The van der Waals surface area contributed by atoms with E-state index in [0.29, 0.717) is 10.8 Å². The van der Waals surface area contributed by atoms with Crippen molar-refractivity contribution >= 4 is 0 Å².